The Labute approximate surface area is 687 Å². The molecule has 0 fully saturated rings. The third-order valence-electron chi connectivity index (χ3n) is 23.7. The number of hydrogen-bond acceptors (Lipinski definition) is 2. The molecular weight excluding hydrogens is 1430 g/mol. The van der Waals surface area contributed by atoms with Crippen LogP contribution in [-0.2, 0) is 0 Å². The zero-order valence-electron chi connectivity index (χ0n) is 65.5. The Morgan fingerprint density at radius 2 is 0.449 bits per heavy atom. The summed E-state index contributed by atoms with van der Waals surface area (Å²) in [7, 11) is 0. The van der Waals surface area contributed by atoms with Gasteiger partial charge in [-0.2, -0.15) is 0 Å². The number of rotatable bonds is 14. The maximum Gasteiger partial charge on any atom is 0.0541 e. The zero-order chi connectivity index (χ0) is 78.6. The van der Waals surface area contributed by atoms with Gasteiger partial charge in [-0.3, -0.25) is 0 Å². The van der Waals surface area contributed by atoms with Gasteiger partial charge in [0.2, 0.25) is 0 Å². The standard InChI is InChI=1S/2C57H40N2/c1-39-16-8-14-26-53(39)58(45-33-28-40(29-34-45)43-32-37-55-52(38-43)47-21-13-15-27-54(47)59(55)44-19-6-3-7-20-44)46-35-30-42(31-36-46)57-50-24-11-9-22-48(50)56(41-17-4-2-5-18-41)49-23-10-12-25-51(49)57;1-39-15-14-20-47(37-39)58(45-32-27-40(28-33-45)43-31-36-55-53(38-43)48-21-12-13-26-54(48)59(55)44-18-6-3-7-19-44)46-34-29-42(30-35-46)57-51-24-10-8-22-49(51)56(41-16-4-2-5-17-41)50-23-9-11-25-52(50)57/h2*2-38H,1H3. The Hall–Kier alpha value is -15.4. The van der Waals surface area contributed by atoms with Crippen LogP contribution in [0.5, 0.6) is 0 Å². The Kier molecular flexibility index (Phi) is 18.0. The van der Waals surface area contributed by atoms with Crippen LogP contribution in [0, 0.1) is 13.8 Å². The Bertz CT molecular complexity index is 7400. The van der Waals surface area contributed by atoms with E-state index in [0.717, 1.165) is 34.1 Å². The summed E-state index contributed by atoms with van der Waals surface area (Å²) in [5.41, 5.74) is 31.1. The second kappa shape index (κ2) is 30.2. The summed E-state index contributed by atoms with van der Waals surface area (Å²) in [6.07, 6.45) is 0. The molecule has 0 saturated carbocycles. The molecule has 0 aliphatic heterocycles. The van der Waals surface area contributed by atoms with E-state index in [0.29, 0.717) is 0 Å². The van der Waals surface area contributed by atoms with E-state index in [1.165, 1.54) is 176 Å². The first-order chi connectivity index (χ1) is 58.4. The lowest BCUT2D eigenvalue weighted by atomic mass is 9.86. The predicted octanol–water partition coefficient (Wildman–Crippen LogP) is 31.7. The molecule has 118 heavy (non-hydrogen) atoms. The number of anilines is 6. The second-order valence-electron chi connectivity index (χ2n) is 30.7. The molecule has 2 heterocycles. The van der Waals surface area contributed by atoms with Crippen molar-refractivity contribution in [2.75, 3.05) is 9.80 Å². The first-order valence-corrected chi connectivity index (χ1v) is 40.7. The molecule has 556 valence electrons. The highest BCUT2D eigenvalue weighted by Gasteiger charge is 2.24. The van der Waals surface area contributed by atoms with Crippen LogP contribution >= 0.6 is 0 Å². The lowest BCUT2D eigenvalue weighted by Crippen LogP contribution is -2.11. The van der Waals surface area contributed by atoms with Crippen LogP contribution in [0.2, 0.25) is 0 Å². The van der Waals surface area contributed by atoms with Gasteiger partial charge in [0.1, 0.15) is 0 Å². The van der Waals surface area contributed by atoms with Gasteiger partial charge in [0.05, 0.1) is 22.1 Å². The van der Waals surface area contributed by atoms with Crippen molar-refractivity contribution in [3.8, 4) is 78.1 Å². The van der Waals surface area contributed by atoms with Crippen LogP contribution < -0.4 is 9.80 Å². The molecule has 0 radical (unpaired) electrons. The lowest BCUT2D eigenvalue weighted by Gasteiger charge is -2.27. The van der Waals surface area contributed by atoms with Crippen LogP contribution in [-0.4, -0.2) is 9.13 Å². The van der Waals surface area contributed by atoms with Crippen molar-refractivity contribution in [3.05, 3.63) is 460 Å². The molecule has 20 aromatic carbocycles. The fraction of sp³-hybridized carbons (Fsp3) is 0.0175. The third-order valence-corrected chi connectivity index (χ3v) is 23.7. The first kappa shape index (κ1) is 70.5. The maximum absolute atomic E-state index is 2.38. The number of nitrogens with zero attached hydrogens (tertiary/aromatic N) is 4. The van der Waals surface area contributed by atoms with Gasteiger partial charge < -0.3 is 18.9 Å². The van der Waals surface area contributed by atoms with Crippen LogP contribution in [0.25, 0.3) is 165 Å². The molecule has 0 atom stereocenters. The normalized spacial score (nSPS) is 11.5. The van der Waals surface area contributed by atoms with E-state index < -0.39 is 0 Å². The van der Waals surface area contributed by atoms with Crippen LogP contribution in [0.4, 0.5) is 34.1 Å². The molecule has 4 heteroatoms. The van der Waals surface area contributed by atoms with Crippen LogP contribution in [0.3, 0.4) is 0 Å². The third kappa shape index (κ3) is 12.6. The summed E-state index contributed by atoms with van der Waals surface area (Å²) in [5.74, 6) is 0. The lowest BCUT2D eigenvalue weighted by molar-refractivity contribution is 1.18. The Morgan fingerprint density at radius 1 is 0.169 bits per heavy atom. The largest absolute Gasteiger partial charge is 0.310 e. The summed E-state index contributed by atoms with van der Waals surface area (Å²) in [5, 5.41) is 15.1. The quantitative estimate of drug-likeness (QED) is 0.101. The van der Waals surface area contributed by atoms with Gasteiger partial charge >= 0.3 is 0 Å². The van der Waals surface area contributed by atoms with Crippen molar-refractivity contribution in [3.63, 3.8) is 0 Å². The van der Waals surface area contributed by atoms with Crippen molar-refractivity contribution < 1.29 is 0 Å². The van der Waals surface area contributed by atoms with Crippen LogP contribution in [0.1, 0.15) is 11.1 Å². The topological polar surface area (TPSA) is 16.3 Å². The second-order valence-corrected chi connectivity index (χ2v) is 30.7. The minimum absolute atomic E-state index is 1.11. The highest BCUT2D eigenvalue weighted by Crippen LogP contribution is 2.49. The molecule has 0 saturated heterocycles. The molecule has 22 rings (SSSR count). The molecule has 0 amide bonds. The number of aryl methyl sites for hydroxylation is 2. The fourth-order valence-electron chi connectivity index (χ4n) is 18.3. The highest BCUT2D eigenvalue weighted by atomic mass is 15.1. The van der Waals surface area contributed by atoms with E-state index in [4.69, 9.17) is 0 Å². The average molecular weight is 1510 g/mol. The SMILES string of the molecule is Cc1cccc(N(c2ccc(-c3ccc4c(c3)c3ccccc3n4-c3ccccc3)cc2)c2ccc(-c3c4ccccc4c(-c4ccccc4)c4ccccc34)cc2)c1.Cc1ccccc1N(c1ccc(-c2ccc3c(c2)c2ccccc2n3-c2ccccc2)cc1)c1ccc(-c2c3ccccc3c(-c3ccccc3)c3ccccc23)cc1. The van der Waals surface area contributed by atoms with Crippen LogP contribution in [0.15, 0.2) is 449 Å². The summed E-state index contributed by atoms with van der Waals surface area (Å²) in [6, 6.07) is 163. The van der Waals surface area contributed by atoms with Crippen molar-refractivity contribution >= 4 is 121 Å². The Balaban J connectivity index is 0.000000147. The van der Waals surface area contributed by atoms with Gasteiger partial charge in [-0.15, -0.1) is 0 Å². The number of para-hydroxylation sites is 5. The molecule has 0 aliphatic rings. The molecule has 0 aliphatic carbocycles. The summed E-state index contributed by atoms with van der Waals surface area (Å²) < 4.78 is 4.74. The van der Waals surface area contributed by atoms with Gasteiger partial charge in [0, 0.05) is 67.0 Å². The smallest absolute Gasteiger partial charge is 0.0541 e. The van der Waals surface area contributed by atoms with Crippen molar-refractivity contribution in [1.29, 1.82) is 0 Å². The van der Waals surface area contributed by atoms with Gasteiger partial charge in [-0.05, 0) is 262 Å². The summed E-state index contributed by atoms with van der Waals surface area (Å²) in [6.45, 7) is 4.35. The fourth-order valence-corrected chi connectivity index (χ4v) is 18.3. The summed E-state index contributed by atoms with van der Waals surface area (Å²) >= 11 is 0. The van der Waals surface area contributed by atoms with Crippen molar-refractivity contribution in [1.82, 2.24) is 9.13 Å². The number of aromatic nitrogens is 2. The minimum Gasteiger partial charge on any atom is -0.310 e. The van der Waals surface area contributed by atoms with E-state index in [1.807, 2.05) is 0 Å². The Morgan fingerprint density at radius 3 is 0.805 bits per heavy atom. The molecule has 4 nitrogen and oxygen atoms in total. The van der Waals surface area contributed by atoms with Gasteiger partial charge in [0.25, 0.3) is 0 Å². The predicted molar refractivity (Wildman–Crippen MR) is 503 cm³/mol. The van der Waals surface area contributed by atoms with E-state index in [9.17, 15) is 0 Å². The molecular formula is C114H80N4. The van der Waals surface area contributed by atoms with Gasteiger partial charge in [-0.25, -0.2) is 0 Å². The van der Waals surface area contributed by atoms with E-state index >= 15 is 0 Å². The molecule has 22 aromatic rings. The average Bonchev–Trinajstić information content (AvgIpc) is 1.36. The summed E-state index contributed by atoms with van der Waals surface area (Å²) in [4.78, 5) is 4.75. The van der Waals surface area contributed by atoms with Crippen molar-refractivity contribution in [2.24, 2.45) is 0 Å². The van der Waals surface area contributed by atoms with E-state index in [1.54, 1.807) is 0 Å². The maximum atomic E-state index is 2.38. The van der Waals surface area contributed by atoms with Gasteiger partial charge in [0.15, 0.2) is 0 Å². The molecule has 0 spiro atoms. The van der Waals surface area contributed by atoms with Gasteiger partial charge in [-0.1, -0.05) is 322 Å². The first-order valence-electron chi connectivity index (χ1n) is 40.7. The molecule has 0 bridgehead atoms. The number of fused-ring (bicyclic) bond motifs is 10. The highest BCUT2D eigenvalue weighted by molar-refractivity contribution is 6.23. The molecule has 0 unspecified atom stereocenters. The van der Waals surface area contributed by atoms with Crippen molar-refractivity contribution in [2.45, 2.75) is 13.8 Å². The number of benzene rings is 20. The number of hydrogen-bond donors (Lipinski definition) is 0. The monoisotopic (exact) mass is 1500 g/mol. The van der Waals surface area contributed by atoms with E-state index in [2.05, 4.69) is 482 Å². The minimum atomic E-state index is 1.11. The van der Waals surface area contributed by atoms with E-state index in [-0.39, 0.29) is 0 Å². The zero-order valence-corrected chi connectivity index (χ0v) is 65.5. The molecule has 0 N–H and O–H groups in total. The molecule has 2 aromatic heterocycles.